The van der Waals surface area contributed by atoms with Crippen molar-refractivity contribution in [2.24, 2.45) is 17.5 Å². The average Bonchev–Trinajstić information content (AvgIpc) is 2.87. The number of hydrogen-bond donors (Lipinski definition) is 3. The molecule has 0 saturated heterocycles. The Kier molecular flexibility index (Phi) is 8.50. The summed E-state index contributed by atoms with van der Waals surface area (Å²) in [6, 6.07) is 13.8. The summed E-state index contributed by atoms with van der Waals surface area (Å²) in [5.41, 5.74) is -1.95. The van der Waals surface area contributed by atoms with Gasteiger partial charge in [-0.25, -0.2) is 35.3 Å². The highest BCUT2D eigenvalue weighted by Crippen LogP contribution is 2.52. The molecule has 0 spiro atoms. The maximum atomic E-state index is 14.4. The summed E-state index contributed by atoms with van der Waals surface area (Å²) in [5, 5.41) is 26.9. The highest BCUT2D eigenvalue weighted by molar-refractivity contribution is 7.48. The van der Waals surface area contributed by atoms with Crippen LogP contribution in [0.15, 0.2) is 54.6 Å². The van der Waals surface area contributed by atoms with Gasteiger partial charge in [0.2, 0.25) is 0 Å². The van der Waals surface area contributed by atoms with E-state index < -0.39 is 42.3 Å². The molecule has 0 saturated carbocycles. The van der Waals surface area contributed by atoms with Gasteiger partial charge < -0.3 is 0 Å². The highest BCUT2D eigenvalue weighted by Gasteiger charge is 2.38. The second-order valence-electron chi connectivity index (χ2n) is 7.00. The normalized spacial score (nSPS) is 10.7. The maximum absolute atomic E-state index is 14.4. The molecule has 0 aromatic heterocycles. The number of nitriles is 3. The van der Waals surface area contributed by atoms with Crippen molar-refractivity contribution in [1.29, 1.82) is 15.8 Å². The van der Waals surface area contributed by atoms with E-state index in [0.717, 1.165) is 54.6 Å². The zero-order valence-electron chi connectivity index (χ0n) is 18.8. The molecule has 0 aliphatic carbocycles. The van der Waals surface area contributed by atoms with Gasteiger partial charge in [0, 0.05) is 0 Å². The lowest BCUT2D eigenvalue weighted by Crippen LogP contribution is -2.39. The van der Waals surface area contributed by atoms with E-state index in [1.807, 2.05) is 0 Å². The molecule has 0 radical (unpaired) electrons. The Morgan fingerprint density at radius 3 is 1.08 bits per heavy atom. The molecule has 0 fully saturated rings. The Balaban J connectivity index is 1.96. The van der Waals surface area contributed by atoms with Crippen LogP contribution in [0, 0.1) is 51.4 Å². The smallest absolute Gasteiger partial charge is 0.222 e. The number of nitrogens with zero attached hydrogens (tertiary/aromatic N) is 6. The van der Waals surface area contributed by atoms with Gasteiger partial charge in [-0.15, -0.1) is 13.9 Å². The molecule has 38 heavy (non-hydrogen) atoms. The van der Waals surface area contributed by atoms with Gasteiger partial charge in [0.25, 0.3) is 0 Å². The molecule has 6 N–H and O–H groups in total. The van der Waals surface area contributed by atoms with Gasteiger partial charge in [0.05, 0.1) is 34.9 Å². The molecular formula is C21H15F3N9O4P. The Labute approximate surface area is 212 Å². The molecule has 0 aliphatic rings. The van der Waals surface area contributed by atoms with Gasteiger partial charge in [-0.1, -0.05) is 0 Å². The molecule has 0 amide bonds. The number of halogens is 3. The first kappa shape index (κ1) is 27.9. The van der Waals surface area contributed by atoms with Crippen LogP contribution in [0.1, 0.15) is 16.7 Å². The van der Waals surface area contributed by atoms with Crippen molar-refractivity contribution < 1.29 is 31.6 Å². The first-order valence-electron chi connectivity index (χ1n) is 9.93. The van der Waals surface area contributed by atoms with E-state index in [1.165, 1.54) is 0 Å². The minimum Gasteiger partial charge on any atom is -0.222 e. The van der Waals surface area contributed by atoms with Crippen molar-refractivity contribution in [3.63, 3.8) is 0 Å². The van der Waals surface area contributed by atoms with Crippen molar-refractivity contribution in [3.8, 4) is 18.2 Å². The van der Waals surface area contributed by atoms with Crippen molar-refractivity contribution in [2.75, 3.05) is 15.5 Å². The first-order valence-corrected chi connectivity index (χ1v) is 11.4. The molecule has 0 bridgehead atoms. The van der Waals surface area contributed by atoms with E-state index in [0.29, 0.717) is 0 Å². The number of benzene rings is 3. The second kappa shape index (κ2) is 11.6. The Bertz CT molecular complexity index is 1360. The Morgan fingerprint density at radius 2 is 0.868 bits per heavy atom. The van der Waals surface area contributed by atoms with Crippen LogP contribution >= 0.6 is 7.82 Å². The zero-order chi connectivity index (χ0) is 28.0. The molecule has 0 atom stereocenters. The number of phosphoric acid groups is 1. The number of anilines is 3. The molecule has 3 aromatic rings. The summed E-state index contributed by atoms with van der Waals surface area (Å²) in [6.45, 7) is 0. The standard InChI is InChI=1S/C21H15F3N9O4P/c22-16-7-13(10-25)1-4-19(16)31(28)35-38(34,36-32(29)20-5-2-14(11-26)8-17(20)23)37-33(30)21-6-3-15(12-27)9-18(21)24/h1-9H,28-30H2. The van der Waals surface area contributed by atoms with E-state index in [2.05, 4.69) is 0 Å². The molecule has 194 valence electrons. The highest BCUT2D eigenvalue weighted by atomic mass is 31.2. The lowest BCUT2D eigenvalue weighted by molar-refractivity contribution is 0.0845. The van der Waals surface area contributed by atoms with Crippen molar-refractivity contribution in [1.82, 2.24) is 0 Å². The molecule has 3 aromatic carbocycles. The van der Waals surface area contributed by atoms with Gasteiger partial charge in [0.1, 0.15) is 17.1 Å². The van der Waals surface area contributed by atoms with Crippen LogP contribution in [0.3, 0.4) is 0 Å². The van der Waals surface area contributed by atoms with E-state index in [9.17, 15) is 17.7 Å². The average molecular weight is 545 g/mol. The summed E-state index contributed by atoms with van der Waals surface area (Å²) >= 11 is 0. The minimum atomic E-state index is -5.29. The van der Waals surface area contributed by atoms with Crippen LogP contribution in [0.4, 0.5) is 30.2 Å². The van der Waals surface area contributed by atoms with Crippen molar-refractivity contribution in [3.05, 3.63) is 88.7 Å². The predicted molar refractivity (Wildman–Crippen MR) is 124 cm³/mol. The van der Waals surface area contributed by atoms with Gasteiger partial charge in [-0.3, -0.25) is 0 Å². The molecule has 17 heteroatoms. The third-order valence-corrected chi connectivity index (χ3v) is 5.63. The van der Waals surface area contributed by atoms with E-state index >= 15 is 0 Å². The van der Waals surface area contributed by atoms with Gasteiger partial charge in [0.15, 0.2) is 17.5 Å². The first-order chi connectivity index (χ1) is 18.0. The SMILES string of the molecule is N#Cc1ccc(N(N)OP(=O)(ON(N)c2ccc(C#N)cc2F)ON(N)c2ccc(C#N)cc2F)c(F)c1. The van der Waals surface area contributed by atoms with E-state index in [4.69, 9.17) is 47.2 Å². The van der Waals surface area contributed by atoms with Crippen molar-refractivity contribution in [2.45, 2.75) is 0 Å². The van der Waals surface area contributed by atoms with Crippen LogP contribution in [0.25, 0.3) is 0 Å². The molecular weight excluding hydrogens is 530 g/mol. The lowest BCUT2D eigenvalue weighted by atomic mass is 10.2. The van der Waals surface area contributed by atoms with Crippen LogP contribution < -0.4 is 33.0 Å². The summed E-state index contributed by atoms with van der Waals surface area (Å²) in [7, 11) is -5.29. The molecule has 0 heterocycles. The second-order valence-corrected chi connectivity index (χ2v) is 8.39. The van der Waals surface area contributed by atoms with Crippen LogP contribution in [0.5, 0.6) is 0 Å². The lowest BCUT2D eigenvalue weighted by Gasteiger charge is -2.29. The maximum Gasteiger partial charge on any atom is 0.543 e. The van der Waals surface area contributed by atoms with E-state index in [1.54, 1.807) is 18.2 Å². The van der Waals surface area contributed by atoms with E-state index in [-0.39, 0.29) is 32.2 Å². The zero-order valence-corrected chi connectivity index (χ0v) is 19.7. The third-order valence-electron chi connectivity index (χ3n) is 4.51. The van der Waals surface area contributed by atoms with Crippen molar-refractivity contribution >= 4 is 24.9 Å². The fraction of sp³-hybridized carbons (Fsp3) is 0. The quantitative estimate of drug-likeness (QED) is 0.201. The van der Waals surface area contributed by atoms with Crippen LogP contribution in [-0.2, 0) is 18.4 Å². The minimum absolute atomic E-state index is 0.0795. The number of hydrazine groups is 3. The number of hydrogen-bond acceptors (Lipinski definition) is 13. The molecule has 0 unspecified atom stereocenters. The summed E-state index contributed by atoms with van der Waals surface area (Å²) < 4.78 is 71.6. The van der Waals surface area contributed by atoms with Gasteiger partial charge >= 0.3 is 7.82 Å². The number of nitrogens with two attached hydrogens (primary N) is 3. The Morgan fingerprint density at radius 1 is 0.605 bits per heavy atom. The number of rotatable bonds is 9. The molecule has 0 aliphatic heterocycles. The van der Waals surface area contributed by atoms with Crippen LogP contribution in [0.2, 0.25) is 0 Å². The monoisotopic (exact) mass is 545 g/mol. The Hall–Kier alpha value is -4.69. The fourth-order valence-corrected chi connectivity index (χ4v) is 3.77. The molecule has 13 nitrogen and oxygen atoms in total. The van der Waals surface area contributed by atoms with Crippen LogP contribution in [-0.4, -0.2) is 0 Å². The third kappa shape index (κ3) is 6.35. The molecule has 3 rings (SSSR count). The summed E-state index contributed by atoms with van der Waals surface area (Å²) in [5.74, 6) is 13.7. The fourth-order valence-electron chi connectivity index (χ4n) is 2.77. The summed E-state index contributed by atoms with van der Waals surface area (Å²) in [4.78, 5) is 0. The largest absolute Gasteiger partial charge is 0.543 e. The topological polar surface area (TPSA) is 204 Å². The van der Waals surface area contributed by atoms with Gasteiger partial charge in [-0.2, -0.15) is 31.3 Å². The van der Waals surface area contributed by atoms with Gasteiger partial charge in [-0.05, 0) is 54.6 Å². The summed E-state index contributed by atoms with van der Waals surface area (Å²) in [6.07, 6.45) is 0. The predicted octanol–water partition coefficient (Wildman–Crippen LogP) is 3.06.